The quantitative estimate of drug-likeness (QED) is 0.0195. The van der Waals surface area contributed by atoms with Gasteiger partial charge in [-0.25, -0.2) is 0 Å². The molecule has 9 nitrogen and oxygen atoms in total. The van der Waals surface area contributed by atoms with Crippen LogP contribution in [-0.4, -0.2) is 70.0 Å². The van der Waals surface area contributed by atoms with Crippen molar-refractivity contribution in [3.63, 3.8) is 0 Å². The number of nitrogens with zero attached hydrogens (tertiary/aromatic N) is 1. The Kier molecular flexibility index (Phi) is 60.9. The lowest BCUT2D eigenvalue weighted by molar-refractivity contribution is -0.870. The van der Waals surface area contributed by atoms with E-state index >= 15 is 0 Å². The van der Waals surface area contributed by atoms with Crippen molar-refractivity contribution in [2.24, 2.45) is 0 Å². The first-order valence-electron chi connectivity index (χ1n) is 35.0. The lowest BCUT2D eigenvalue weighted by Crippen LogP contribution is -2.37. The highest BCUT2D eigenvalue weighted by Crippen LogP contribution is 2.38. The summed E-state index contributed by atoms with van der Waals surface area (Å²) in [4.78, 5) is 38.0. The van der Waals surface area contributed by atoms with E-state index in [2.05, 4.69) is 38.2 Å². The maximum Gasteiger partial charge on any atom is 0.306 e. The van der Waals surface area contributed by atoms with Crippen LogP contribution in [0.2, 0.25) is 0 Å². The van der Waals surface area contributed by atoms with Crippen LogP contribution in [-0.2, 0) is 32.7 Å². The van der Waals surface area contributed by atoms with E-state index in [4.69, 9.17) is 18.5 Å². The summed E-state index contributed by atoms with van der Waals surface area (Å²) in [6, 6.07) is 0. The molecule has 0 radical (unpaired) electrons. The van der Waals surface area contributed by atoms with E-state index in [9.17, 15) is 19.0 Å². The molecular weight excluding hydrogens is 1010 g/mol. The Labute approximate surface area is 498 Å². The second-order valence-corrected chi connectivity index (χ2v) is 26.7. The fourth-order valence-electron chi connectivity index (χ4n) is 10.5. The predicted molar refractivity (Wildman–Crippen MR) is 342 cm³/mol. The van der Waals surface area contributed by atoms with Crippen molar-refractivity contribution in [3.05, 3.63) is 24.3 Å². The number of ether oxygens (including phenoxy) is 2. The second kappa shape index (κ2) is 62.0. The number of carbonyl (C=O) groups is 2. The van der Waals surface area contributed by atoms with Crippen LogP contribution in [0.1, 0.15) is 361 Å². The standard InChI is InChI=1S/C70H136NO8P/c1-6-8-10-12-14-16-18-20-22-24-26-28-30-32-34-35-37-39-41-43-45-47-49-51-53-55-57-59-61-63-70(73)79-68(67-78-80(74,75)77-65-64-71(3,4)5)66-76-69(72)62-60-58-56-54-52-50-48-46-44-42-40-38-36-33-31-29-27-25-23-21-19-17-15-13-11-9-7-2/h24-27,68H,6-23,28-67H2,1-5H3/b26-24-,27-25-. The number of carbonyl (C=O) groups excluding carboxylic acids is 2. The molecule has 0 aromatic carbocycles. The molecule has 0 aliphatic heterocycles. The van der Waals surface area contributed by atoms with Gasteiger partial charge in [0, 0.05) is 12.8 Å². The number of allylic oxidation sites excluding steroid dienone is 4. The Morgan fingerprint density at radius 3 is 0.925 bits per heavy atom. The highest BCUT2D eigenvalue weighted by molar-refractivity contribution is 7.45. The van der Waals surface area contributed by atoms with Gasteiger partial charge in [-0.05, 0) is 64.2 Å². The van der Waals surface area contributed by atoms with Crippen LogP contribution in [0.3, 0.4) is 0 Å². The first-order chi connectivity index (χ1) is 39.0. The summed E-state index contributed by atoms with van der Waals surface area (Å²) in [6.07, 6.45) is 76.9. The molecule has 474 valence electrons. The lowest BCUT2D eigenvalue weighted by Gasteiger charge is -2.28. The summed E-state index contributed by atoms with van der Waals surface area (Å²) in [6.45, 7) is 4.31. The monoisotopic (exact) mass is 1150 g/mol. The van der Waals surface area contributed by atoms with E-state index in [0.29, 0.717) is 17.4 Å². The third kappa shape index (κ3) is 65.6. The Balaban J connectivity index is 4.00. The molecule has 0 bridgehead atoms. The molecule has 0 aromatic heterocycles. The van der Waals surface area contributed by atoms with Gasteiger partial charge in [0.05, 0.1) is 27.7 Å². The van der Waals surface area contributed by atoms with Gasteiger partial charge in [-0.2, -0.15) is 0 Å². The summed E-state index contributed by atoms with van der Waals surface area (Å²) in [5.41, 5.74) is 0. The number of quaternary nitrogens is 1. The molecule has 2 atom stereocenters. The molecule has 0 amide bonds. The van der Waals surface area contributed by atoms with Crippen molar-refractivity contribution < 1.29 is 42.1 Å². The Morgan fingerprint density at radius 1 is 0.375 bits per heavy atom. The zero-order chi connectivity index (χ0) is 58.4. The number of hydrogen-bond donors (Lipinski definition) is 0. The van der Waals surface area contributed by atoms with Crippen LogP contribution in [0.5, 0.6) is 0 Å². The SMILES string of the molecule is CCCCCCCCCC/C=C\CCCCCCCCCCCCCCCCCCCC(=O)OC(COC(=O)CCCCCCCCCCCCCCCCC/C=C\CCCCCCCCCC)COP(=O)([O-])OCC[N+](C)(C)C. The minimum Gasteiger partial charge on any atom is -0.756 e. The van der Waals surface area contributed by atoms with Crippen LogP contribution in [0, 0.1) is 0 Å². The third-order valence-corrected chi connectivity index (χ3v) is 16.9. The number of hydrogen-bond acceptors (Lipinski definition) is 8. The van der Waals surface area contributed by atoms with Gasteiger partial charge in [-0.3, -0.25) is 14.2 Å². The molecule has 2 unspecified atom stereocenters. The van der Waals surface area contributed by atoms with Crippen molar-refractivity contribution >= 4 is 19.8 Å². The fraction of sp³-hybridized carbons (Fsp3) is 0.914. The number of phosphoric ester groups is 1. The van der Waals surface area contributed by atoms with Crippen molar-refractivity contribution in [1.82, 2.24) is 0 Å². The molecule has 0 aliphatic rings. The van der Waals surface area contributed by atoms with E-state index in [0.717, 1.165) is 32.1 Å². The minimum absolute atomic E-state index is 0.0273. The van der Waals surface area contributed by atoms with Gasteiger partial charge in [0.15, 0.2) is 6.10 Å². The topological polar surface area (TPSA) is 111 Å². The highest BCUT2D eigenvalue weighted by atomic mass is 31.2. The van der Waals surface area contributed by atoms with Gasteiger partial charge < -0.3 is 27.9 Å². The Hall–Kier alpha value is -1.51. The fourth-order valence-corrected chi connectivity index (χ4v) is 11.3. The number of phosphoric acid groups is 1. The van der Waals surface area contributed by atoms with Gasteiger partial charge in [-0.1, -0.05) is 308 Å². The molecule has 0 N–H and O–H groups in total. The van der Waals surface area contributed by atoms with E-state index in [1.807, 2.05) is 21.1 Å². The normalized spacial score (nSPS) is 13.2. The van der Waals surface area contributed by atoms with Crippen LogP contribution in [0.4, 0.5) is 0 Å². The zero-order valence-electron chi connectivity index (χ0n) is 54.1. The smallest absolute Gasteiger partial charge is 0.306 e. The van der Waals surface area contributed by atoms with Crippen LogP contribution >= 0.6 is 7.82 Å². The first-order valence-corrected chi connectivity index (χ1v) is 36.5. The van der Waals surface area contributed by atoms with Crippen LogP contribution in [0.25, 0.3) is 0 Å². The summed E-state index contributed by atoms with van der Waals surface area (Å²) in [5.74, 6) is -0.811. The van der Waals surface area contributed by atoms with Gasteiger partial charge in [0.2, 0.25) is 0 Å². The summed E-state index contributed by atoms with van der Waals surface area (Å²) in [7, 11) is 1.19. The van der Waals surface area contributed by atoms with E-state index in [1.54, 1.807) is 0 Å². The second-order valence-electron chi connectivity index (χ2n) is 25.2. The summed E-state index contributed by atoms with van der Waals surface area (Å²) < 4.78 is 34.3. The van der Waals surface area contributed by atoms with Gasteiger partial charge in [0.1, 0.15) is 19.8 Å². The van der Waals surface area contributed by atoms with E-state index in [1.165, 1.54) is 295 Å². The third-order valence-electron chi connectivity index (χ3n) is 15.9. The number of unbranched alkanes of at least 4 members (excludes halogenated alkanes) is 48. The largest absolute Gasteiger partial charge is 0.756 e. The van der Waals surface area contributed by atoms with E-state index < -0.39 is 26.5 Å². The Morgan fingerprint density at radius 2 is 0.637 bits per heavy atom. The van der Waals surface area contributed by atoms with Crippen LogP contribution in [0.15, 0.2) is 24.3 Å². The molecule has 0 rings (SSSR count). The van der Waals surface area contributed by atoms with Gasteiger partial charge in [-0.15, -0.1) is 0 Å². The first kappa shape index (κ1) is 78.5. The zero-order valence-corrected chi connectivity index (χ0v) is 55.0. The molecule has 0 spiro atoms. The lowest BCUT2D eigenvalue weighted by atomic mass is 10.0. The average Bonchev–Trinajstić information content (AvgIpc) is 3.42. The van der Waals surface area contributed by atoms with Crippen LogP contribution < -0.4 is 4.89 Å². The van der Waals surface area contributed by atoms with Crippen molar-refractivity contribution in [3.8, 4) is 0 Å². The molecular formula is C70H136NO8P. The molecule has 0 heterocycles. The maximum absolute atomic E-state index is 12.9. The molecule has 0 saturated carbocycles. The average molecular weight is 1150 g/mol. The predicted octanol–water partition coefficient (Wildman–Crippen LogP) is 21.9. The number of rotatable bonds is 66. The molecule has 10 heteroatoms. The Bertz CT molecular complexity index is 1400. The van der Waals surface area contributed by atoms with Crippen molar-refractivity contribution in [2.45, 2.75) is 367 Å². The van der Waals surface area contributed by atoms with Crippen molar-refractivity contribution in [1.29, 1.82) is 0 Å². The summed E-state index contributed by atoms with van der Waals surface area (Å²) >= 11 is 0. The highest BCUT2D eigenvalue weighted by Gasteiger charge is 2.22. The number of esters is 2. The number of likely N-dealkylation sites (N-methyl/N-ethyl adjacent to an activating group) is 1. The molecule has 0 aliphatic carbocycles. The van der Waals surface area contributed by atoms with Crippen molar-refractivity contribution in [2.75, 3.05) is 47.5 Å². The summed E-state index contributed by atoms with van der Waals surface area (Å²) in [5, 5.41) is 0. The van der Waals surface area contributed by atoms with E-state index in [-0.39, 0.29) is 32.0 Å². The molecule has 80 heavy (non-hydrogen) atoms. The maximum atomic E-state index is 12.9. The van der Waals surface area contributed by atoms with Gasteiger partial charge >= 0.3 is 11.9 Å². The molecule has 0 fully saturated rings. The molecule has 0 saturated heterocycles. The molecule has 0 aromatic rings. The van der Waals surface area contributed by atoms with Gasteiger partial charge in [0.25, 0.3) is 7.82 Å². The minimum atomic E-state index is -4.64.